The molecular weight excluding hydrogens is 148 g/mol. The Labute approximate surface area is 75.2 Å². The molecule has 0 saturated carbocycles. The molecule has 1 heteroatoms. The van der Waals surface area contributed by atoms with E-state index in [1.807, 2.05) is 26.8 Å². The molecule has 0 aliphatic carbocycles. The molecule has 0 amide bonds. The van der Waals surface area contributed by atoms with E-state index in [1.54, 1.807) is 0 Å². The SMILES string of the molecule is CC/C=C\C(C)=C(\C)C(=O)CC. The highest BCUT2D eigenvalue weighted by Crippen LogP contribution is 2.08. The Kier molecular flexibility index (Phi) is 5.35. The maximum atomic E-state index is 11.2. The Bertz CT molecular complexity index is 209. The molecule has 0 spiro atoms. The van der Waals surface area contributed by atoms with Crippen LogP contribution in [0.5, 0.6) is 0 Å². The number of Topliss-reactive ketones (excluding diaryl/α,β-unsaturated/α-hetero) is 1. The summed E-state index contributed by atoms with van der Waals surface area (Å²) in [7, 11) is 0. The molecule has 1 nitrogen and oxygen atoms in total. The van der Waals surface area contributed by atoms with Crippen molar-refractivity contribution in [3.8, 4) is 0 Å². The third-order valence-corrected chi connectivity index (χ3v) is 1.93. The van der Waals surface area contributed by atoms with Gasteiger partial charge in [0.1, 0.15) is 0 Å². The summed E-state index contributed by atoms with van der Waals surface area (Å²) in [5.74, 6) is 0.244. The van der Waals surface area contributed by atoms with Gasteiger partial charge >= 0.3 is 0 Å². The summed E-state index contributed by atoms with van der Waals surface area (Å²) in [5, 5.41) is 0. The van der Waals surface area contributed by atoms with Crippen LogP contribution in [0.25, 0.3) is 0 Å². The molecule has 0 aromatic heterocycles. The van der Waals surface area contributed by atoms with Crippen molar-refractivity contribution >= 4 is 5.78 Å². The third-order valence-electron chi connectivity index (χ3n) is 1.93. The molecular formula is C11H18O. The lowest BCUT2D eigenvalue weighted by molar-refractivity contribution is -0.115. The van der Waals surface area contributed by atoms with E-state index >= 15 is 0 Å². The molecule has 0 bridgehead atoms. The third kappa shape index (κ3) is 3.51. The number of allylic oxidation sites excluding steroid dienone is 4. The lowest BCUT2D eigenvalue weighted by Crippen LogP contribution is -1.98. The van der Waals surface area contributed by atoms with Crippen LogP contribution < -0.4 is 0 Å². The van der Waals surface area contributed by atoms with Gasteiger partial charge in [0.15, 0.2) is 5.78 Å². The van der Waals surface area contributed by atoms with Gasteiger partial charge in [-0.25, -0.2) is 0 Å². The monoisotopic (exact) mass is 166 g/mol. The Balaban J connectivity index is 4.46. The molecule has 12 heavy (non-hydrogen) atoms. The minimum atomic E-state index is 0.244. The molecule has 0 aromatic carbocycles. The molecule has 0 heterocycles. The number of ketones is 1. The first kappa shape index (κ1) is 11.2. The zero-order valence-electron chi connectivity index (χ0n) is 8.48. The normalized spacial score (nSPS) is 13.3. The van der Waals surface area contributed by atoms with Crippen molar-refractivity contribution in [3.63, 3.8) is 0 Å². The second kappa shape index (κ2) is 5.76. The van der Waals surface area contributed by atoms with E-state index < -0.39 is 0 Å². The fraction of sp³-hybridized carbons (Fsp3) is 0.545. The van der Waals surface area contributed by atoms with E-state index in [0.29, 0.717) is 6.42 Å². The van der Waals surface area contributed by atoms with Crippen molar-refractivity contribution in [2.45, 2.75) is 40.5 Å². The molecule has 0 fully saturated rings. The quantitative estimate of drug-likeness (QED) is 0.462. The average molecular weight is 166 g/mol. The fourth-order valence-corrected chi connectivity index (χ4v) is 0.905. The van der Waals surface area contributed by atoms with Crippen LogP contribution in [0, 0.1) is 0 Å². The van der Waals surface area contributed by atoms with E-state index in [-0.39, 0.29) is 5.78 Å². The highest BCUT2D eigenvalue weighted by atomic mass is 16.1. The Morgan fingerprint density at radius 3 is 2.25 bits per heavy atom. The van der Waals surface area contributed by atoms with E-state index in [4.69, 9.17) is 0 Å². The summed E-state index contributed by atoms with van der Waals surface area (Å²) in [6.07, 6.45) is 5.71. The van der Waals surface area contributed by atoms with Gasteiger partial charge in [0.05, 0.1) is 0 Å². The number of hydrogen-bond acceptors (Lipinski definition) is 1. The van der Waals surface area contributed by atoms with Gasteiger partial charge in [0.25, 0.3) is 0 Å². The lowest BCUT2D eigenvalue weighted by atomic mass is 10.0. The number of rotatable bonds is 4. The van der Waals surface area contributed by atoms with Gasteiger partial charge in [-0.3, -0.25) is 4.79 Å². The predicted molar refractivity (Wildman–Crippen MR) is 53.1 cm³/mol. The summed E-state index contributed by atoms with van der Waals surface area (Å²) < 4.78 is 0. The van der Waals surface area contributed by atoms with Crippen molar-refractivity contribution < 1.29 is 4.79 Å². The molecule has 0 rings (SSSR count). The molecule has 68 valence electrons. The van der Waals surface area contributed by atoms with Crippen LogP contribution in [0.4, 0.5) is 0 Å². The maximum Gasteiger partial charge on any atom is 0.158 e. The second-order valence-corrected chi connectivity index (χ2v) is 2.90. The Morgan fingerprint density at radius 1 is 1.25 bits per heavy atom. The van der Waals surface area contributed by atoms with Crippen molar-refractivity contribution in [2.24, 2.45) is 0 Å². The largest absolute Gasteiger partial charge is 0.295 e. The van der Waals surface area contributed by atoms with E-state index in [9.17, 15) is 4.79 Å². The van der Waals surface area contributed by atoms with Gasteiger partial charge in [0.2, 0.25) is 0 Å². The predicted octanol–water partition coefficient (Wildman–Crippen LogP) is 3.27. The second-order valence-electron chi connectivity index (χ2n) is 2.90. The minimum Gasteiger partial charge on any atom is -0.295 e. The summed E-state index contributed by atoms with van der Waals surface area (Å²) in [6.45, 7) is 7.85. The van der Waals surface area contributed by atoms with Crippen LogP contribution in [-0.2, 0) is 4.79 Å². The first-order chi connectivity index (χ1) is 5.63. The zero-order chi connectivity index (χ0) is 9.56. The zero-order valence-corrected chi connectivity index (χ0v) is 8.48. The van der Waals surface area contributed by atoms with Gasteiger partial charge in [-0.15, -0.1) is 0 Å². The first-order valence-electron chi connectivity index (χ1n) is 4.50. The number of hydrogen-bond donors (Lipinski definition) is 0. The highest BCUT2D eigenvalue weighted by Gasteiger charge is 2.02. The summed E-state index contributed by atoms with van der Waals surface area (Å²) in [5.41, 5.74) is 1.98. The van der Waals surface area contributed by atoms with Crippen LogP contribution in [0.2, 0.25) is 0 Å². The summed E-state index contributed by atoms with van der Waals surface area (Å²) >= 11 is 0. The molecule has 0 unspecified atom stereocenters. The van der Waals surface area contributed by atoms with Crippen molar-refractivity contribution in [3.05, 3.63) is 23.3 Å². The molecule has 0 aliphatic heterocycles. The lowest BCUT2D eigenvalue weighted by Gasteiger charge is -1.99. The van der Waals surface area contributed by atoms with Gasteiger partial charge in [-0.2, -0.15) is 0 Å². The van der Waals surface area contributed by atoms with E-state index in [0.717, 1.165) is 17.6 Å². The fourth-order valence-electron chi connectivity index (χ4n) is 0.905. The Hall–Kier alpha value is -0.850. The van der Waals surface area contributed by atoms with Crippen LogP contribution in [0.1, 0.15) is 40.5 Å². The molecule has 0 atom stereocenters. The van der Waals surface area contributed by atoms with Crippen molar-refractivity contribution in [2.75, 3.05) is 0 Å². The topological polar surface area (TPSA) is 17.1 Å². The number of carbonyl (C=O) groups is 1. The number of carbonyl (C=O) groups excluding carboxylic acids is 1. The van der Waals surface area contributed by atoms with E-state index in [2.05, 4.69) is 13.0 Å². The standard InChI is InChI=1S/C11H18O/c1-5-7-8-9(3)10(4)11(12)6-2/h7-8H,5-6H2,1-4H3/b8-7-,10-9-. The molecule has 0 aliphatic rings. The van der Waals surface area contributed by atoms with Crippen LogP contribution in [0.3, 0.4) is 0 Å². The smallest absolute Gasteiger partial charge is 0.158 e. The van der Waals surface area contributed by atoms with Gasteiger partial charge in [-0.05, 0) is 31.4 Å². The van der Waals surface area contributed by atoms with Crippen molar-refractivity contribution in [1.82, 2.24) is 0 Å². The maximum absolute atomic E-state index is 11.2. The van der Waals surface area contributed by atoms with Crippen LogP contribution in [-0.4, -0.2) is 5.78 Å². The molecule has 0 aromatic rings. The summed E-state index contributed by atoms with van der Waals surface area (Å²) in [6, 6.07) is 0. The van der Waals surface area contributed by atoms with Crippen molar-refractivity contribution in [1.29, 1.82) is 0 Å². The Morgan fingerprint density at radius 2 is 1.83 bits per heavy atom. The van der Waals surface area contributed by atoms with Gasteiger partial charge < -0.3 is 0 Å². The molecule has 0 N–H and O–H groups in total. The van der Waals surface area contributed by atoms with Crippen LogP contribution >= 0.6 is 0 Å². The molecule has 0 saturated heterocycles. The van der Waals surface area contributed by atoms with Crippen LogP contribution in [0.15, 0.2) is 23.3 Å². The molecule has 0 radical (unpaired) electrons. The highest BCUT2D eigenvalue weighted by molar-refractivity contribution is 5.95. The summed E-state index contributed by atoms with van der Waals surface area (Å²) in [4.78, 5) is 11.2. The first-order valence-corrected chi connectivity index (χ1v) is 4.50. The van der Waals surface area contributed by atoms with E-state index in [1.165, 1.54) is 0 Å². The average Bonchev–Trinajstić information content (AvgIpc) is 2.11. The van der Waals surface area contributed by atoms with Gasteiger partial charge in [0, 0.05) is 6.42 Å². The van der Waals surface area contributed by atoms with Gasteiger partial charge in [-0.1, -0.05) is 26.0 Å². The minimum absolute atomic E-state index is 0.244.